The molecule has 0 saturated carbocycles. The van der Waals surface area contributed by atoms with E-state index in [1.807, 2.05) is 6.07 Å². The molecule has 1 saturated heterocycles. The highest BCUT2D eigenvalue weighted by Crippen LogP contribution is 2.33. The molecule has 112 valence electrons. The topological polar surface area (TPSA) is 15.3 Å². The molecule has 0 bridgehead atoms. The molecule has 0 aliphatic carbocycles. The second kappa shape index (κ2) is 7.33. The molecule has 1 aliphatic rings. The van der Waals surface area contributed by atoms with E-state index in [9.17, 15) is 0 Å². The van der Waals surface area contributed by atoms with Crippen LogP contribution in [0.3, 0.4) is 0 Å². The lowest BCUT2D eigenvalue weighted by Crippen LogP contribution is -2.34. The van der Waals surface area contributed by atoms with Gasteiger partial charge in [0.1, 0.15) is 0 Å². The van der Waals surface area contributed by atoms with Crippen LogP contribution in [0.5, 0.6) is 0 Å². The van der Waals surface area contributed by atoms with Gasteiger partial charge in [-0.25, -0.2) is 0 Å². The maximum Gasteiger partial charge on any atom is 0.0415 e. The Morgan fingerprint density at radius 1 is 1.40 bits per heavy atom. The predicted molar refractivity (Wildman–Crippen MR) is 88.7 cm³/mol. The van der Waals surface area contributed by atoms with Gasteiger partial charge in [0.15, 0.2) is 0 Å². The van der Waals surface area contributed by atoms with E-state index in [1.165, 1.54) is 30.6 Å². The minimum atomic E-state index is 0.668. The SMILES string of the molecule is CCCNCc1cc(Cl)ccc1N1CCCC1C(C)C. The lowest BCUT2D eigenvalue weighted by molar-refractivity contribution is 0.491. The van der Waals surface area contributed by atoms with Gasteiger partial charge in [0.25, 0.3) is 0 Å². The van der Waals surface area contributed by atoms with E-state index in [0.717, 1.165) is 24.5 Å². The molecule has 2 rings (SSSR count). The van der Waals surface area contributed by atoms with Gasteiger partial charge >= 0.3 is 0 Å². The van der Waals surface area contributed by atoms with E-state index in [0.29, 0.717) is 12.0 Å². The number of anilines is 1. The molecule has 1 fully saturated rings. The summed E-state index contributed by atoms with van der Waals surface area (Å²) in [6, 6.07) is 7.01. The van der Waals surface area contributed by atoms with Crippen LogP contribution in [0.15, 0.2) is 18.2 Å². The van der Waals surface area contributed by atoms with Crippen LogP contribution < -0.4 is 10.2 Å². The highest BCUT2D eigenvalue weighted by atomic mass is 35.5. The molecule has 0 spiro atoms. The Morgan fingerprint density at radius 3 is 2.90 bits per heavy atom. The smallest absolute Gasteiger partial charge is 0.0415 e. The normalized spacial score (nSPS) is 19.1. The number of nitrogens with one attached hydrogen (secondary N) is 1. The second-order valence-corrected chi connectivity index (χ2v) is 6.53. The number of rotatable bonds is 6. The van der Waals surface area contributed by atoms with Crippen molar-refractivity contribution in [3.63, 3.8) is 0 Å². The fourth-order valence-electron chi connectivity index (χ4n) is 3.16. The minimum absolute atomic E-state index is 0.668. The number of hydrogen-bond donors (Lipinski definition) is 1. The fourth-order valence-corrected chi connectivity index (χ4v) is 3.36. The van der Waals surface area contributed by atoms with Crippen molar-refractivity contribution in [3.05, 3.63) is 28.8 Å². The average Bonchev–Trinajstić information content (AvgIpc) is 2.88. The van der Waals surface area contributed by atoms with Crippen LogP contribution >= 0.6 is 11.6 Å². The highest BCUT2D eigenvalue weighted by molar-refractivity contribution is 6.30. The summed E-state index contributed by atoms with van der Waals surface area (Å²) < 4.78 is 0. The molecule has 0 aromatic heterocycles. The monoisotopic (exact) mass is 294 g/mol. The van der Waals surface area contributed by atoms with E-state index in [-0.39, 0.29) is 0 Å². The summed E-state index contributed by atoms with van der Waals surface area (Å²) in [7, 11) is 0. The Morgan fingerprint density at radius 2 is 2.20 bits per heavy atom. The van der Waals surface area contributed by atoms with Crippen LogP contribution in [0.1, 0.15) is 45.6 Å². The van der Waals surface area contributed by atoms with Crippen LogP contribution in [-0.2, 0) is 6.54 Å². The molecule has 1 unspecified atom stereocenters. The standard InChI is InChI=1S/C17H27ClN2/c1-4-9-19-12-14-11-15(18)7-8-17(14)20-10-5-6-16(20)13(2)3/h7-8,11,13,16,19H,4-6,9-10,12H2,1-3H3. The molecule has 1 aromatic carbocycles. The highest BCUT2D eigenvalue weighted by Gasteiger charge is 2.28. The van der Waals surface area contributed by atoms with E-state index in [2.05, 4.69) is 43.1 Å². The quantitative estimate of drug-likeness (QED) is 0.779. The molecule has 1 aliphatic heterocycles. The third-order valence-electron chi connectivity index (χ3n) is 4.16. The molecule has 1 aromatic rings. The van der Waals surface area contributed by atoms with Crippen LogP contribution in [0.4, 0.5) is 5.69 Å². The summed E-state index contributed by atoms with van der Waals surface area (Å²) in [6.45, 7) is 9.98. The Balaban J connectivity index is 2.21. The molecule has 1 N–H and O–H groups in total. The van der Waals surface area contributed by atoms with Gasteiger partial charge in [-0.15, -0.1) is 0 Å². The summed E-state index contributed by atoms with van der Waals surface area (Å²) in [4.78, 5) is 2.59. The molecular weight excluding hydrogens is 268 g/mol. The third kappa shape index (κ3) is 3.67. The Labute approximate surface area is 128 Å². The number of benzene rings is 1. The number of hydrogen-bond acceptors (Lipinski definition) is 2. The zero-order valence-corrected chi connectivity index (χ0v) is 13.7. The van der Waals surface area contributed by atoms with Gasteiger partial charge in [-0.05, 0) is 55.5 Å². The molecule has 0 radical (unpaired) electrons. The molecule has 2 nitrogen and oxygen atoms in total. The van der Waals surface area contributed by atoms with Gasteiger partial charge in [0.05, 0.1) is 0 Å². The van der Waals surface area contributed by atoms with Gasteiger partial charge in [-0.1, -0.05) is 32.4 Å². The minimum Gasteiger partial charge on any atom is -0.368 e. The Kier molecular flexibility index (Phi) is 5.74. The predicted octanol–water partition coefficient (Wildman–Crippen LogP) is 4.46. The molecule has 3 heteroatoms. The van der Waals surface area contributed by atoms with Crippen molar-refractivity contribution in [1.29, 1.82) is 0 Å². The van der Waals surface area contributed by atoms with Crippen LogP contribution in [0.2, 0.25) is 5.02 Å². The van der Waals surface area contributed by atoms with Crippen LogP contribution in [0, 0.1) is 5.92 Å². The Bertz CT molecular complexity index is 431. The first-order valence-corrected chi connectivity index (χ1v) is 8.27. The Hall–Kier alpha value is -0.730. The van der Waals surface area contributed by atoms with E-state index >= 15 is 0 Å². The zero-order valence-electron chi connectivity index (χ0n) is 13.0. The summed E-state index contributed by atoms with van der Waals surface area (Å²) in [6.07, 6.45) is 3.77. The first-order valence-electron chi connectivity index (χ1n) is 7.89. The summed E-state index contributed by atoms with van der Waals surface area (Å²) in [5.74, 6) is 0.699. The van der Waals surface area contributed by atoms with Gasteiger partial charge < -0.3 is 10.2 Å². The maximum atomic E-state index is 6.19. The van der Waals surface area contributed by atoms with Crippen LogP contribution in [0.25, 0.3) is 0 Å². The molecule has 1 heterocycles. The maximum absolute atomic E-state index is 6.19. The van der Waals surface area contributed by atoms with Crippen molar-refractivity contribution in [1.82, 2.24) is 5.32 Å². The van der Waals surface area contributed by atoms with E-state index in [1.54, 1.807) is 0 Å². The molecule has 0 amide bonds. The lowest BCUT2D eigenvalue weighted by Gasteiger charge is -2.31. The largest absolute Gasteiger partial charge is 0.368 e. The van der Waals surface area contributed by atoms with Crippen molar-refractivity contribution in [3.8, 4) is 0 Å². The average molecular weight is 295 g/mol. The zero-order chi connectivity index (χ0) is 14.5. The summed E-state index contributed by atoms with van der Waals surface area (Å²) in [5, 5.41) is 4.34. The number of halogens is 1. The van der Waals surface area contributed by atoms with Crippen LogP contribution in [-0.4, -0.2) is 19.1 Å². The summed E-state index contributed by atoms with van der Waals surface area (Å²) >= 11 is 6.19. The molecular formula is C17H27ClN2. The van der Waals surface area contributed by atoms with Gasteiger partial charge in [0, 0.05) is 29.8 Å². The van der Waals surface area contributed by atoms with Crippen molar-refractivity contribution in [2.24, 2.45) is 5.92 Å². The second-order valence-electron chi connectivity index (χ2n) is 6.10. The van der Waals surface area contributed by atoms with Crippen molar-refractivity contribution in [2.45, 2.75) is 52.6 Å². The number of nitrogens with zero attached hydrogens (tertiary/aromatic N) is 1. The molecule has 1 atom stereocenters. The van der Waals surface area contributed by atoms with Gasteiger partial charge in [0.2, 0.25) is 0 Å². The molecule has 20 heavy (non-hydrogen) atoms. The first kappa shape index (κ1) is 15.7. The first-order chi connectivity index (χ1) is 9.63. The fraction of sp³-hybridized carbons (Fsp3) is 0.647. The van der Waals surface area contributed by atoms with Crippen molar-refractivity contribution in [2.75, 3.05) is 18.0 Å². The third-order valence-corrected chi connectivity index (χ3v) is 4.40. The van der Waals surface area contributed by atoms with Gasteiger partial charge in [-0.2, -0.15) is 0 Å². The summed E-state index contributed by atoms with van der Waals surface area (Å²) in [5.41, 5.74) is 2.70. The lowest BCUT2D eigenvalue weighted by atomic mass is 10.0. The van der Waals surface area contributed by atoms with Crippen molar-refractivity contribution < 1.29 is 0 Å². The van der Waals surface area contributed by atoms with E-state index < -0.39 is 0 Å². The van der Waals surface area contributed by atoms with E-state index in [4.69, 9.17) is 11.6 Å². The van der Waals surface area contributed by atoms with Crippen molar-refractivity contribution >= 4 is 17.3 Å². The van der Waals surface area contributed by atoms with Gasteiger partial charge in [-0.3, -0.25) is 0 Å².